The molecule has 31 heavy (non-hydrogen) atoms. The summed E-state index contributed by atoms with van der Waals surface area (Å²) in [7, 11) is 0. The zero-order valence-corrected chi connectivity index (χ0v) is 18.9. The second-order valence-electron chi connectivity index (χ2n) is 6.81. The molecule has 0 aliphatic carbocycles. The molecule has 0 spiro atoms. The summed E-state index contributed by atoms with van der Waals surface area (Å²) in [6.07, 6.45) is 2.33. The highest BCUT2D eigenvalue weighted by molar-refractivity contribution is 8.02. The van der Waals surface area contributed by atoms with Crippen molar-refractivity contribution in [2.45, 2.75) is 35.5 Å². The molecule has 164 valence electrons. The van der Waals surface area contributed by atoms with E-state index < -0.39 is 16.9 Å². The van der Waals surface area contributed by atoms with Crippen molar-refractivity contribution >= 4 is 50.6 Å². The maximum absolute atomic E-state index is 13.4. The Balaban J connectivity index is 1.29. The van der Waals surface area contributed by atoms with Crippen LogP contribution in [0.15, 0.2) is 27.9 Å². The molecule has 0 saturated carbocycles. The van der Waals surface area contributed by atoms with Crippen molar-refractivity contribution in [2.75, 3.05) is 23.8 Å². The maximum atomic E-state index is 13.4. The van der Waals surface area contributed by atoms with Crippen LogP contribution in [0.5, 0.6) is 0 Å². The minimum absolute atomic E-state index is 0.208. The van der Waals surface area contributed by atoms with Gasteiger partial charge in [-0.05, 0) is 38.0 Å². The largest absolute Gasteiger partial charge is 0.376 e. The van der Waals surface area contributed by atoms with Gasteiger partial charge in [-0.3, -0.25) is 4.79 Å². The minimum Gasteiger partial charge on any atom is -0.376 e. The van der Waals surface area contributed by atoms with Crippen LogP contribution in [0.25, 0.3) is 11.3 Å². The Morgan fingerprint density at radius 1 is 1.32 bits per heavy atom. The van der Waals surface area contributed by atoms with E-state index in [9.17, 15) is 13.6 Å². The Labute approximate surface area is 189 Å². The van der Waals surface area contributed by atoms with Crippen LogP contribution in [-0.4, -0.2) is 45.6 Å². The van der Waals surface area contributed by atoms with E-state index in [0.717, 1.165) is 31.6 Å². The summed E-state index contributed by atoms with van der Waals surface area (Å²) >= 11 is 3.90. The second-order valence-corrected chi connectivity index (χ2v) is 10.2. The normalized spacial score (nSPS) is 16.9. The molecule has 0 bridgehead atoms. The summed E-state index contributed by atoms with van der Waals surface area (Å²) in [6, 6.07) is 3.57. The van der Waals surface area contributed by atoms with E-state index in [1.807, 2.05) is 0 Å². The molecule has 1 amide bonds. The standard InChI is InChI=1S/C19H19F2N5O2S3/c1-10(30-19-26-25-17(31-19)22-8-12-3-2-6-28-12)16(27)24-18-23-15(9-29-18)11-4-5-13(20)14(21)7-11/h4-5,7,9-10,12H,2-3,6,8H2,1H3,(H,22,25)(H,23,24,27)/t10-,12-/m0/s1. The van der Waals surface area contributed by atoms with Crippen molar-refractivity contribution in [2.24, 2.45) is 0 Å². The molecule has 7 nitrogen and oxygen atoms in total. The third-order valence-electron chi connectivity index (χ3n) is 4.51. The number of rotatable bonds is 8. The first-order chi connectivity index (χ1) is 15.0. The van der Waals surface area contributed by atoms with Gasteiger partial charge in [-0.15, -0.1) is 21.5 Å². The fraction of sp³-hybridized carbons (Fsp3) is 0.368. The summed E-state index contributed by atoms with van der Waals surface area (Å²) in [5, 5.41) is 16.5. The Morgan fingerprint density at radius 2 is 2.19 bits per heavy atom. The van der Waals surface area contributed by atoms with Gasteiger partial charge in [0.25, 0.3) is 0 Å². The Kier molecular flexibility index (Phi) is 7.10. The predicted octanol–water partition coefficient (Wildman–Crippen LogP) is 4.65. The van der Waals surface area contributed by atoms with Gasteiger partial charge in [0, 0.05) is 24.1 Å². The number of benzene rings is 1. The van der Waals surface area contributed by atoms with Gasteiger partial charge in [0.05, 0.1) is 17.0 Å². The quantitative estimate of drug-likeness (QED) is 0.451. The average Bonchev–Trinajstić information content (AvgIpc) is 3.50. The molecule has 2 atom stereocenters. The summed E-state index contributed by atoms with van der Waals surface area (Å²) in [4.78, 5) is 16.8. The first-order valence-corrected chi connectivity index (χ1v) is 12.1. The van der Waals surface area contributed by atoms with Gasteiger partial charge < -0.3 is 15.4 Å². The second kappa shape index (κ2) is 9.98. The Bertz CT molecular complexity index is 1050. The monoisotopic (exact) mass is 483 g/mol. The molecular weight excluding hydrogens is 464 g/mol. The highest BCUT2D eigenvalue weighted by Gasteiger charge is 2.20. The number of thiazole rings is 1. The number of halogens is 2. The fourth-order valence-corrected chi connectivity index (χ4v) is 5.49. The number of nitrogens with zero attached hydrogens (tertiary/aromatic N) is 3. The number of thioether (sulfide) groups is 1. The van der Waals surface area contributed by atoms with Crippen LogP contribution in [-0.2, 0) is 9.53 Å². The lowest BCUT2D eigenvalue weighted by molar-refractivity contribution is -0.115. The highest BCUT2D eigenvalue weighted by Crippen LogP contribution is 2.31. The van der Waals surface area contributed by atoms with Crippen molar-refractivity contribution in [3.8, 4) is 11.3 Å². The first kappa shape index (κ1) is 22.1. The Morgan fingerprint density at radius 3 is 2.97 bits per heavy atom. The number of hydrogen-bond donors (Lipinski definition) is 2. The zero-order valence-electron chi connectivity index (χ0n) is 16.4. The fourth-order valence-electron chi connectivity index (χ4n) is 2.87. The number of carbonyl (C=O) groups is 1. The molecule has 1 saturated heterocycles. The summed E-state index contributed by atoms with van der Waals surface area (Å²) in [5.74, 6) is -2.09. The van der Waals surface area contributed by atoms with Gasteiger partial charge in [0.15, 0.2) is 21.1 Å². The number of aromatic nitrogens is 3. The van der Waals surface area contributed by atoms with E-state index in [4.69, 9.17) is 4.74 Å². The number of hydrogen-bond acceptors (Lipinski definition) is 9. The zero-order chi connectivity index (χ0) is 21.8. The summed E-state index contributed by atoms with van der Waals surface area (Å²) < 4.78 is 32.8. The van der Waals surface area contributed by atoms with Gasteiger partial charge >= 0.3 is 0 Å². The van der Waals surface area contributed by atoms with Crippen molar-refractivity contribution in [3.63, 3.8) is 0 Å². The number of anilines is 2. The molecule has 3 heterocycles. The SMILES string of the molecule is C[C@H](Sc1nnc(NC[C@@H]2CCCO2)s1)C(=O)Nc1nc(-c2ccc(F)c(F)c2)cs1. The smallest absolute Gasteiger partial charge is 0.239 e. The van der Waals surface area contributed by atoms with Crippen molar-refractivity contribution in [1.82, 2.24) is 15.2 Å². The highest BCUT2D eigenvalue weighted by atomic mass is 32.2. The van der Waals surface area contributed by atoms with Crippen LogP contribution in [0.1, 0.15) is 19.8 Å². The van der Waals surface area contributed by atoms with E-state index in [0.29, 0.717) is 32.4 Å². The lowest BCUT2D eigenvalue weighted by atomic mass is 10.2. The van der Waals surface area contributed by atoms with Crippen LogP contribution < -0.4 is 10.6 Å². The van der Waals surface area contributed by atoms with Gasteiger partial charge in [-0.1, -0.05) is 23.1 Å². The van der Waals surface area contributed by atoms with E-state index >= 15 is 0 Å². The lowest BCUT2D eigenvalue weighted by Crippen LogP contribution is -2.22. The molecule has 3 aromatic rings. The molecule has 0 unspecified atom stereocenters. The Hall–Kier alpha value is -2.15. The van der Waals surface area contributed by atoms with Gasteiger partial charge in [-0.2, -0.15) is 0 Å². The molecule has 1 aromatic carbocycles. The molecule has 1 aliphatic rings. The van der Waals surface area contributed by atoms with Crippen LogP contribution in [0.3, 0.4) is 0 Å². The van der Waals surface area contributed by atoms with Gasteiger partial charge in [0.1, 0.15) is 0 Å². The number of nitrogens with one attached hydrogen (secondary N) is 2. The predicted molar refractivity (Wildman–Crippen MR) is 119 cm³/mol. The topological polar surface area (TPSA) is 89.0 Å². The van der Waals surface area contributed by atoms with E-state index in [-0.39, 0.29) is 12.0 Å². The van der Waals surface area contributed by atoms with Crippen molar-refractivity contribution < 1.29 is 18.3 Å². The number of amides is 1. The molecule has 1 fully saturated rings. The molecule has 2 N–H and O–H groups in total. The molecular formula is C19H19F2N5O2S3. The van der Waals surface area contributed by atoms with Gasteiger partial charge in [0.2, 0.25) is 11.0 Å². The molecule has 0 radical (unpaired) electrons. The van der Waals surface area contributed by atoms with Crippen LogP contribution in [0.4, 0.5) is 19.0 Å². The molecule has 1 aliphatic heterocycles. The average molecular weight is 484 g/mol. The first-order valence-electron chi connectivity index (χ1n) is 9.55. The third-order valence-corrected chi connectivity index (χ3v) is 7.33. The van der Waals surface area contributed by atoms with E-state index in [2.05, 4.69) is 25.8 Å². The van der Waals surface area contributed by atoms with Crippen molar-refractivity contribution in [1.29, 1.82) is 0 Å². The van der Waals surface area contributed by atoms with Crippen LogP contribution in [0.2, 0.25) is 0 Å². The number of ether oxygens (including phenoxy) is 1. The molecule has 12 heteroatoms. The lowest BCUT2D eigenvalue weighted by Gasteiger charge is -2.09. The van der Waals surface area contributed by atoms with Crippen molar-refractivity contribution in [3.05, 3.63) is 35.2 Å². The summed E-state index contributed by atoms with van der Waals surface area (Å²) in [5.41, 5.74) is 0.903. The molecule has 4 rings (SSSR count). The number of carbonyl (C=O) groups excluding carboxylic acids is 1. The van der Waals surface area contributed by atoms with Crippen LogP contribution in [0, 0.1) is 11.6 Å². The van der Waals surface area contributed by atoms with Crippen LogP contribution >= 0.6 is 34.4 Å². The summed E-state index contributed by atoms with van der Waals surface area (Å²) in [6.45, 7) is 3.27. The minimum atomic E-state index is -0.942. The molecule has 2 aromatic heterocycles. The maximum Gasteiger partial charge on any atom is 0.239 e. The van der Waals surface area contributed by atoms with Gasteiger partial charge in [-0.25, -0.2) is 13.8 Å². The van der Waals surface area contributed by atoms with E-state index in [1.165, 1.54) is 40.5 Å². The third kappa shape index (κ3) is 5.76. The van der Waals surface area contributed by atoms with E-state index in [1.54, 1.807) is 12.3 Å².